The summed E-state index contributed by atoms with van der Waals surface area (Å²) in [5.41, 5.74) is 1.38. The second kappa shape index (κ2) is 4.60. The SMILES string of the molecule is CC(Cl)C1CC(c2ccc(Cl)c(F)c2)=NO1. The Morgan fingerprint density at radius 1 is 1.56 bits per heavy atom. The molecule has 1 aliphatic heterocycles. The van der Waals surface area contributed by atoms with Gasteiger partial charge in [-0.1, -0.05) is 22.8 Å². The van der Waals surface area contributed by atoms with Crippen LogP contribution in [0, 0.1) is 5.82 Å². The Kier molecular flexibility index (Phi) is 3.36. The molecule has 0 spiro atoms. The Hall–Kier alpha value is -0.800. The smallest absolute Gasteiger partial charge is 0.149 e. The largest absolute Gasteiger partial charge is 0.390 e. The van der Waals surface area contributed by atoms with Gasteiger partial charge in [0.1, 0.15) is 11.9 Å². The maximum atomic E-state index is 13.2. The lowest BCUT2D eigenvalue weighted by Crippen LogP contribution is -2.18. The van der Waals surface area contributed by atoms with Gasteiger partial charge in [0.05, 0.1) is 16.1 Å². The monoisotopic (exact) mass is 261 g/mol. The summed E-state index contributed by atoms with van der Waals surface area (Å²) in [4.78, 5) is 5.15. The van der Waals surface area contributed by atoms with E-state index in [1.165, 1.54) is 12.1 Å². The molecule has 0 saturated carbocycles. The van der Waals surface area contributed by atoms with Crippen LogP contribution in [0.2, 0.25) is 5.02 Å². The average Bonchev–Trinajstić information content (AvgIpc) is 2.71. The van der Waals surface area contributed by atoms with E-state index in [1.54, 1.807) is 6.07 Å². The summed E-state index contributed by atoms with van der Waals surface area (Å²) in [7, 11) is 0. The lowest BCUT2D eigenvalue weighted by molar-refractivity contribution is 0.0855. The van der Waals surface area contributed by atoms with Crippen LogP contribution < -0.4 is 0 Å². The molecular weight excluding hydrogens is 252 g/mol. The van der Waals surface area contributed by atoms with Crippen LogP contribution in [0.15, 0.2) is 23.4 Å². The van der Waals surface area contributed by atoms with Gasteiger partial charge in [0.25, 0.3) is 0 Å². The molecule has 2 atom stereocenters. The van der Waals surface area contributed by atoms with E-state index in [2.05, 4.69) is 5.16 Å². The molecular formula is C11H10Cl2FNO. The van der Waals surface area contributed by atoms with Crippen LogP contribution in [-0.2, 0) is 4.84 Å². The number of nitrogens with zero attached hydrogens (tertiary/aromatic N) is 1. The third kappa shape index (κ3) is 2.30. The molecule has 2 nitrogen and oxygen atoms in total. The summed E-state index contributed by atoms with van der Waals surface area (Å²) >= 11 is 11.5. The van der Waals surface area contributed by atoms with Gasteiger partial charge in [-0.15, -0.1) is 11.6 Å². The number of alkyl halides is 1. The molecule has 2 unspecified atom stereocenters. The number of hydrogen-bond acceptors (Lipinski definition) is 2. The zero-order valence-electron chi connectivity index (χ0n) is 8.58. The average molecular weight is 262 g/mol. The van der Waals surface area contributed by atoms with Crippen molar-refractivity contribution in [1.82, 2.24) is 0 Å². The van der Waals surface area contributed by atoms with Gasteiger partial charge < -0.3 is 4.84 Å². The van der Waals surface area contributed by atoms with E-state index in [1.807, 2.05) is 6.92 Å². The molecule has 1 aromatic rings. The maximum Gasteiger partial charge on any atom is 0.149 e. The van der Waals surface area contributed by atoms with E-state index in [4.69, 9.17) is 28.0 Å². The predicted octanol–water partition coefficient (Wildman–Crippen LogP) is 3.60. The molecule has 0 bridgehead atoms. The minimum atomic E-state index is -0.454. The van der Waals surface area contributed by atoms with Gasteiger partial charge in [0.15, 0.2) is 0 Å². The lowest BCUT2D eigenvalue weighted by Gasteiger charge is -2.09. The topological polar surface area (TPSA) is 21.6 Å². The van der Waals surface area contributed by atoms with E-state index in [9.17, 15) is 4.39 Å². The molecule has 0 N–H and O–H groups in total. The van der Waals surface area contributed by atoms with Crippen molar-refractivity contribution in [3.8, 4) is 0 Å². The lowest BCUT2D eigenvalue weighted by atomic mass is 10.0. The summed E-state index contributed by atoms with van der Waals surface area (Å²) in [5.74, 6) is -0.454. The Bertz CT molecular complexity index is 434. The van der Waals surface area contributed by atoms with Gasteiger partial charge in [-0.05, 0) is 19.1 Å². The minimum absolute atomic E-state index is 0.102. The molecule has 16 heavy (non-hydrogen) atoms. The standard InChI is InChI=1S/C11H10Cl2FNO/c1-6(12)11-5-10(15-16-11)7-2-3-8(13)9(14)4-7/h2-4,6,11H,5H2,1H3. The van der Waals surface area contributed by atoms with Crippen molar-refractivity contribution >= 4 is 28.9 Å². The summed E-state index contributed by atoms with van der Waals surface area (Å²) in [5, 5.41) is 3.88. The Morgan fingerprint density at radius 2 is 2.31 bits per heavy atom. The number of rotatable bonds is 2. The van der Waals surface area contributed by atoms with Gasteiger partial charge in [0, 0.05) is 12.0 Å². The van der Waals surface area contributed by atoms with Crippen molar-refractivity contribution < 1.29 is 9.23 Å². The highest BCUT2D eigenvalue weighted by Gasteiger charge is 2.26. The molecule has 0 saturated heterocycles. The third-order valence-corrected chi connectivity index (χ3v) is 3.05. The van der Waals surface area contributed by atoms with Crippen LogP contribution >= 0.6 is 23.2 Å². The number of oxime groups is 1. The first-order valence-electron chi connectivity index (χ1n) is 4.90. The van der Waals surface area contributed by atoms with Gasteiger partial charge in [-0.25, -0.2) is 4.39 Å². The quantitative estimate of drug-likeness (QED) is 0.746. The Balaban J connectivity index is 2.18. The Labute approximate surface area is 103 Å². The van der Waals surface area contributed by atoms with Crippen LogP contribution in [0.4, 0.5) is 4.39 Å². The van der Waals surface area contributed by atoms with Crippen molar-refractivity contribution in [2.75, 3.05) is 0 Å². The van der Waals surface area contributed by atoms with Gasteiger partial charge in [-0.2, -0.15) is 0 Å². The predicted molar refractivity (Wildman–Crippen MR) is 62.8 cm³/mol. The van der Waals surface area contributed by atoms with Crippen LogP contribution in [0.5, 0.6) is 0 Å². The molecule has 0 fully saturated rings. The number of halogens is 3. The van der Waals surface area contributed by atoms with Crippen molar-refractivity contribution in [3.63, 3.8) is 0 Å². The molecule has 0 aliphatic carbocycles. The van der Waals surface area contributed by atoms with Gasteiger partial charge >= 0.3 is 0 Å². The van der Waals surface area contributed by atoms with Crippen LogP contribution in [0.3, 0.4) is 0 Å². The first-order valence-corrected chi connectivity index (χ1v) is 5.71. The fourth-order valence-corrected chi connectivity index (χ4v) is 1.74. The van der Waals surface area contributed by atoms with E-state index >= 15 is 0 Å². The summed E-state index contributed by atoms with van der Waals surface area (Å²) < 4.78 is 13.2. The molecule has 2 rings (SSSR count). The first kappa shape index (κ1) is 11.7. The van der Waals surface area contributed by atoms with E-state index in [0.717, 1.165) is 0 Å². The minimum Gasteiger partial charge on any atom is -0.390 e. The molecule has 86 valence electrons. The molecule has 0 aromatic heterocycles. The fourth-order valence-electron chi connectivity index (χ4n) is 1.49. The number of benzene rings is 1. The van der Waals surface area contributed by atoms with Crippen LogP contribution in [0.1, 0.15) is 18.9 Å². The summed E-state index contributed by atoms with van der Waals surface area (Å²) in [6.07, 6.45) is 0.446. The van der Waals surface area contributed by atoms with E-state index < -0.39 is 5.82 Å². The molecule has 0 amide bonds. The van der Waals surface area contributed by atoms with Gasteiger partial charge in [0.2, 0.25) is 0 Å². The zero-order valence-corrected chi connectivity index (χ0v) is 10.1. The normalized spacial score (nSPS) is 21.5. The van der Waals surface area contributed by atoms with Gasteiger partial charge in [-0.3, -0.25) is 0 Å². The summed E-state index contributed by atoms with van der Waals surface area (Å²) in [6.45, 7) is 1.84. The van der Waals surface area contributed by atoms with Crippen LogP contribution in [0.25, 0.3) is 0 Å². The first-order chi connectivity index (χ1) is 7.58. The van der Waals surface area contributed by atoms with Crippen molar-refractivity contribution in [3.05, 3.63) is 34.6 Å². The van der Waals surface area contributed by atoms with Crippen LogP contribution in [-0.4, -0.2) is 17.2 Å². The second-order valence-corrected chi connectivity index (χ2v) is 4.79. The molecule has 1 aliphatic rings. The fraction of sp³-hybridized carbons (Fsp3) is 0.364. The molecule has 1 aromatic carbocycles. The number of hydrogen-bond donors (Lipinski definition) is 0. The molecule has 1 heterocycles. The van der Waals surface area contributed by atoms with Crippen molar-refractivity contribution in [2.24, 2.45) is 5.16 Å². The maximum absolute atomic E-state index is 13.2. The highest BCUT2D eigenvalue weighted by Crippen LogP contribution is 2.23. The zero-order chi connectivity index (χ0) is 11.7. The summed E-state index contributed by atoms with van der Waals surface area (Å²) in [6, 6.07) is 4.58. The second-order valence-electron chi connectivity index (χ2n) is 3.69. The van der Waals surface area contributed by atoms with E-state index in [0.29, 0.717) is 17.7 Å². The molecule has 5 heteroatoms. The molecule has 0 radical (unpaired) electrons. The third-order valence-electron chi connectivity index (χ3n) is 2.46. The van der Waals surface area contributed by atoms with Crippen molar-refractivity contribution in [1.29, 1.82) is 0 Å². The van der Waals surface area contributed by atoms with Crippen molar-refractivity contribution in [2.45, 2.75) is 24.8 Å². The highest BCUT2D eigenvalue weighted by molar-refractivity contribution is 6.30. The Morgan fingerprint density at radius 3 is 2.88 bits per heavy atom. The van der Waals surface area contributed by atoms with E-state index in [-0.39, 0.29) is 16.5 Å². The highest BCUT2D eigenvalue weighted by atomic mass is 35.5.